The summed E-state index contributed by atoms with van der Waals surface area (Å²) in [5, 5.41) is 0. The van der Waals surface area contributed by atoms with Crippen LogP contribution in [0.1, 0.15) is 26.5 Å². The molecule has 120 valence electrons. The second-order valence-electron chi connectivity index (χ2n) is 5.46. The smallest absolute Gasteiger partial charge is 0.289 e. The van der Waals surface area contributed by atoms with Crippen molar-refractivity contribution in [1.29, 1.82) is 0 Å². The Kier molecular flexibility index (Phi) is 4.43. The molecule has 1 aliphatic heterocycles. The molecular weight excluding hydrogens is 294 g/mol. The second kappa shape index (κ2) is 6.66. The van der Waals surface area contributed by atoms with Crippen molar-refractivity contribution in [3.63, 3.8) is 0 Å². The average Bonchev–Trinajstić information content (AvgIpc) is 3.15. The Morgan fingerprint density at radius 2 is 1.57 bits per heavy atom. The van der Waals surface area contributed by atoms with Gasteiger partial charge in [-0.05, 0) is 29.8 Å². The Balaban J connectivity index is 1.59. The number of rotatable bonds is 3. The van der Waals surface area contributed by atoms with E-state index in [-0.39, 0.29) is 11.8 Å². The molecule has 0 bridgehead atoms. The van der Waals surface area contributed by atoms with E-state index >= 15 is 0 Å². The van der Waals surface area contributed by atoms with Crippen LogP contribution in [0.2, 0.25) is 0 Å². The SMILES string of the molecule is NCc1ccc(C(=O)N2CCN(C(=O)c3ccco3)CC2)cc1. The monoisotopic (exact) mass is 313 g/mol. The maximum absolute atomic E-state index is 12.5. The minimum atomic E-state index is -0.130. The lowest BCUT2D eigenvalue weighted by Gasteiger charge is -2.34. The van der Waals surface area contributed by atoms with Crippen molar-refractivity contribution in [2.75, 3.05) is 26.2 Å². The van der Waals surface area contributed by atoms with Crippen molar-refractivity contribution in [2.24, 2.45) is 5.73 Å². The van der Waals surface area contributed by atoms with Crippen LogP contribution in [0.3, 0.4) is 0 Å². The predicted octanol–water partition coefficient (Wildman–Crippen LogP) is 1.34. The normalized spacial score (nSPS) is 14.8. The third-order valence-electron chi connectivity index (χ3n) is 4.02. The van der Waals surface area contributed by atoms with Gasteiger partial charge in [0.1, 0.15) is 0 Å². The lowest BCUT2D eigenvalue weighted by molar-refractivity contribution is 0.0518. The number of benzene rings is 1. The van der Waals surface area contributed by atoms with Gasteiger partial charge in [0.05, 0.1) is 6.26 Å². The number of carbonyl (C=O) groups excluding carboxylic acids is 2. The average molecular weight is 313 g/mol. The van der Waals surface area contributed by atoms with E-state index < -0.39 is 0 Å². The van der Waals surface area contributed by atoms with Crippen LogP contribution < -0.4 is 5.73 Å². The highest BCUT2D eigenvalue weighted by Crippen LogP contribution is 2.13. The number of hydrogen-bond donors (Lipinski definition) is 1. The molecule has 6 nitrogen and oxygen atoms in total. The molecular formula is C17H19N3O3. The van der Waals surface area contributed by atoms with Gasteiger partial charge < -0.3 is 20.0 Å². The standard InChI is InChI=1S/C17H19N3O3/c18-12-13-3-5-14(6-4-13)16(21)19-7-9-20(10-8-19)17(22)15-2-1-11-23-15/h1-6,11H,7-10,12,18H2. The van der Waals surface area contributed by atoms with Crippen LogP contribution in [-0.2, 0) is 6.54 Å². The molecule has 2 aromatic rings. The molecule has 23 heavy (non-hydrogen) atoms. The molecule has 2 amide bonds. The van der Waals surface area contributed by atoms with E-state index in [1.165, 1.54) is 6.26 Å². The van der Waals surface area contributed by atoms with Gasteiger partial charge in [-0.25, -0.2) is 0 Å². The quantitative estimate of drug-likeness (QED) is 0.927. The van der Waals surface area contributed by atoms with Crippen LogP contribution in [-0.4, -0.2) is 47.8 Å². The van der Waals surface area contributed by atoms with Crippen LogP contribution >= 0.6 is 0 Å². The Morgan fingerprint density at radius 3 is 2.09 bits per heavy atom. The van der Waals surface area contributed by atoms with Gasteiger partial charge in [-0.1, -0.05) is 12.1 Å². The fourth-order valence-corrected chi connectivity index (χ4v) is 2.63. The third kappa shape index (κ3) is 3.27. The second-order valence-corrected chi connectivity index (χ2v) is 5.46. The third-order valence-corrected chi connectivity index (χ3v) is 4.02. The molecule has 1 aliphatic rings. The number of carbonyl (C=O) groups is 2. The van der Waals surface area contributed by atoms with Crippen LogP contribution in [0.15, 0.2) is 47.1 Å². The minimum absolute atomic E-state index is 0.0151. The van der Waals surface area contributed by atoms with Gasteiger partial charge in [0.15, 0.2) is 5.76 Å². The molecule has 0 aliphatic carbocycles. The van der Waals surface area contributed by atoms with Gasteiger partial charge in [0.25, 0.3) is 11.8 Å². The van der Waals surface area contributed by atoms with E-state index in [0.717, 1.165) is 5.56 Å². The fourth-order valence-electron chi connectivity index (χ4n) is 2.63. The first-order valence-electron chi connectivity index (χ1n) is 7.60. The van der Waals surface area contributed by atoms with E-state index in [0.29, 0.717) is 44.0 Å². The van der Waals surface area contributed by atoms with Crippen LogP contribution in [0.25, 0.3) is 0 Å². The van der Waals surface area contributed by atoms with Gasteiger partial charge in [0.2, 0.25) is 0 Å². The molecule has 1 aromatic heterocycles. The molecule has 1 aromatic carbocycles. The zero-order valence-electron chi connectivity index (χ0n) is 12.8. The number of piperazine rings is 1. The maximum Gasteiger partial charge on any atom is 0.289 e. The maximum atomic E-state index is 12.5. The van der Waals surface area contributed by atoms with E-state index in [4.69, 9.17) is 10.2 Å². The summed E-state index contributed by atoms with van der Waals surface area (Å²) in [7, 11) is 0. The summed E-state index contributed by atoms with van der Waals surface area (Å²) in [6.07, 6.45) is 1.48. The molecule has 0 spiro atoms. The number of nitrogens with two attached hydrogens (primary N) is 1. The van der Waals surface area contributed by atoms with Crippen molar-refractivity contribution in [3.05, 3.63) is 59.5 Å². The van der Waals surface area contributed by atoms with Crippen molar-refractivity contribution >= 4 is 11.8 Å². The fraction of sp³-hybridized carbons (Fsp3) is 0.294. The number of furan rings is 1. The van der Waals surface area contributed by atoms with E-state index in [1.807, 2.05) is 12.1 Å². The summed E-state index contributed by atoms with van der Waals surface area (Å²) >= 11 is 0. The highest BCUT2D eigenvalue weighted by molar-refractivity contribution is 5.95. The molecule has 0 saturated carbocycles. The van der Waals surface area contributed by atoms with Crippen LogP contribution in [0.4, 0.5) is 0 Å². The van der Waals surface area contributed by atoms with Gasteiger partial charge >= 0.3 is 0 Å². The minimum Gasteiger partial charge on any atom is -0.459 e. The lowest BCUT2D eigenvalue weighted by atomic mass is 10.1. The summed E-state index contributed by atoms with van der Waals surface area (Å²) in [4.78, 5) is 28.1. The Hall–Kier alpha value is -2.60. The number of amides is 2. The van der Waals surface area contributed by atoms with Crippen molar-refractivity contribution in [3.8, 4) is 0 Å². The zero-order valence-corrected chi connectivity index (χ0v) is 12.8. The van der Waals surface area contributed by atoms with Crippen LogP contribution in [0, 0.1) is 0 Å². The van der Waals surface area contributed by atoms with E-state index in [9.17, 15) is 9.59 Å². The summed E-state index contributed by atoms with van der Waals surface area (Å²) in [5.41, 5.74) is 7.20. The van der Waals surface area contributed by atoms with E-state index in [2.05, 4.69) is 0 Å². The summed E-state index contributed by atoms with van der Waals surface area (Å²) in [6.45, 7) is 2.51. The molecule has 0 radical (unpaired) electrons. The number of hydrogen-bond acceptors (Lipinski definition) is 4. The lowest BCUT2D eigenvalue weighted by Crippen LogP contribution is -2.50. The first-order valence-corrected chi connectivity index (χ1v) is 7.60. The van der Waals surface area contributed by atoms with Crippen molar-refractivity contribution < 1.29 is 14.0 Å². The Morgan fingerprint density at radius 1 is 0.957 bits per heavy atom. The Labute approximate surface area is 134 Å². The van der Waals surface area contributed by atoms with Crippen LogP contribution in [0.5, 0.6) is 0 Å². The molecule has 2 N–H and O–H groups in total. The molecule has 0 atom stereocenters. The van der Waals surface area contributed by atoms with Gasteiger partial charge in [-0.15, -0.1) is 0 Å². The van der Waals surface area contributed by atoms with Gasteiger partial charge in [-0.3, -0.25) is 9.59 Å². The number of nitrogens with zero attached hydrogens (tertiary/aromatic N) is 2. The molecule has 1 fully saturated rings. The summed E-state index contributed by atoms with van der Waals surface area (Å²) in [5.74, 6) is 0.190. The predicted molar refractivity (Wildman–Crippen MR) is 84.8 cm³/mol. The van der Waals surface area contributed by atoms with Crippen molar-refractivity contribution in [2.45, 2.75) is 6.54 Å². The van der Waals surface area contributed by atoms with Crippen molar-refractivity contribution in [1.82, 2.24) is 9.80 Å². The topological polar surface area (TPSA) is 79.8 Å². The summed E-state index contributed by atoms with van der Waals surface area (Å²) < 4.78 is 5.13. The molecule has 2 heterocycles. The summed E-state index contributed by atoms with van der Waals surface area (Å²) in [6, 6.07) is 10.7. The van der Waals surface area contributed by atoms with E-state index in [1.54, 1.807) is 34.1 Å². The molecule has 1 saturated heterocycles. The largest absolute Gasteiger partial charge is 0.459 e. The molecule has 3 rings (SSSR count). The molecule has 6 heteroatoms. The highest BCUT2D eigenvalue weighted by Gasteiger charge is 2.26. The first kappa shape index (κ1) is 15.3. The van der Waals surface area contributed by atoms with Gasteiger partial charge in [0, 0.05) is 38.3 Å². The van der Waals surface area contributed by atoms with Gasteiger partial charge in [-0.2, -0.15) is 0 Å². The highest BCUT2D eigenvalue weighted by atomic mass is 16.3. The molecule has 0 unspecified atom stereocenters. The first-order chi connectivity index (χ1) is 11.2. The zero-order chi connectivity index (χ0) is 16.2. The Bertz CT molecular complexity index is 672.